The van der Waals surface area contributed by atoms with E-state index in [9.17, 15) is 4.79 Å². The summed E-state index contributed by atoms with van der Waals surface area (Å²) in [5, 5.41) is 5.77. The monoisotopic (exact) mass is 358 g/mol. The van der Waals surface area contributed by atoms with Gasteiger partial charge in [-0.1, -0.05) is 61.5 Å². The molecule has 4 heteroatoms. The number of fused-ring (bicyclic) bond motifs is 1. The molecule has 1 saturated heterocycles. The fourth-order valence-electron chi connectivity index (χ4n) is 2.92. The zero-order valence-electron chi connectivity index (χ0n) is 14.4. The number of nitrogens with one attached hydrogen (secondary N) is 1. The van der Waals surface area contributed by atoms with E-state index in [1.807, 2.05) is 42.5 Å². The smallest absolute Gasteiger partial charge is 0.264 e. The van der Waals surface area contributed by atoms with Crippen molar-refractivity contribution in [1.29, 1.82) is 0 Å². The second-order valence-corrected chi connectivity index (χ2v) is 7.10. The summed E-state index contributed by atoms with van der Waals surface area (Å²) in [6.45, 7) is 2.12. The van der Waals surface area contributed by atoms with Crippen LogP contribution >= 0.6 is 11.8 Å². The van der Waals surface area contributed by atoms with E-state index in [0.717, 1.165) is 28.4 Å². The zero-order valence-corrected chi connectivity index (χ0v) is 15.2. The van der Waals surface area contributed by atoms with Gasteiger partial charge in [0.25, 0.3) is 5.91 Å². The molecule has 3 nitrogen and oxygen atoms in total. The molecule has 1 N–H and O–H groups in total. The van der Waals surface area contributed by atoms with E-state index in [0.29, 0.717) is 10.1 Å². The minimum atomic E-state index is -0.105. The van der Waals surface area contributed by atoms with Crippen LogP contribution in [-0.2, 0) is 11.2 Å². The Morgan fingerprint density at radius 1 is 1.00 bits per heavy atom. The van der Waals surface area contributed by atoms with Gasteiger partial charge in [-0.2, -0.15) is 0 Å². The van der Waals surface area contributed by atoms with E-state index < -0.39 is 0 Å². The third-order valence-electron chi connectivity index (χ3n) is 4.34. The number of thioether (sulfide) groups is 1. The Morgan fingerprint density at radius 3 is 2.58 bits per heavy atom. The highest BCUT2D eigenvalue weighted by molar-refractivity contribution is 8.18. The molecule has 0 aromatic heterocycles. The molecule has 1 fully saturated rings. The molecule has 0 unspecified atom stereocenters. The Balaban J connectivity index is 1.63. The van der Waals surface area contributed by atoms with Gasteiger partial charge < -0.3 is 5.32 Å². The molecule has 3 aromatic rings. The SMILES string of the molecule is CCc1ccc(N=C2NC(=O)/C(=C/c3cccc4ccccc34)S2)cc1. The number of rotatable bonds is 3. The van der Waals surface area contributed by atoms with Crippen LogP contribution in [0.15, 0.2) is 76.6 Å². The van der Waals surface area contributed by atoms with Crippen LogP contribution < -0.4 is 5.32 Å². The summed E-state index contributed by atoms with van der Waals surface area (Å²) in [5.74, 6) is -0.105. The molecule has 0 spiro atoms. The van der Waals surface area contributed by atoms with Crippen LogP contribution in [0.3, 0.4) is 0 Å². The summed E-state index contributed by atoms with van der Waals surface area (Å²) in [6, 6.07) is 22.4. The quantitative estimate of drug-likeness (QED) is 0.646. The first-order chi connectivity index (χ1) is 12.7. The zero-order chi connectivity index (χ0) is 17.9. The van der Waals surface area contributed by atoms with Gasteiger partial charge in [-0.25, -0.2) is 4.99 Å². The van der Waals surface area contributed by atoms with E-state index in [-0.39, 0.29) is 5.91 Å². The second-order valence-electron chi connectivity index (χ2n) is 6.07. The highest BCUT2D eigenvalue weighted by Gasteiger charge is 2.24. The van der Waals surface area contributed by atoms with Crippen molar-refractivity contribution in [2.45, 2.75) is 13.3 Å². The number of benzene rings is 3. The first kappa shape index (κ1) is 16.6. The Hall–Kier alpha value is -2.85. The molecule has 0 saturated carbocycles. The Morgan fingerprint density at radius 2 is 1.77 bits per heavy atom. The van der Waals surface area contributed by atoms with Gasteiger partial charge in [-0.05, 0) is 58.3 Å². The van der Waals surface area contributed by atoms with E-state index in [2.05, 4.69) is 47.6 Å². The van der Waals surface area contributed by atoms with Gasteiger partial charge in [0, 0.05) is 0 Å². The summed E-state index contributed by atoms with van der Waals surface area (Å²) in [6.07, 6.45) is 2.94. The Kier molecular flexibility index (Phi) is 4.59. The lowest BCUT2D eigenvalue weighted by Gasteiger charge is -2.02. The number of nitrogens with zero attached hydrogens (tertiary/aromatic N) is 1. The molecule has 26 heavy (non-hydrogen) atoms. The van der Waals surface area contributed by atoms with Gasteiger partial charge in [-0.15, -0.1) is 0 Å². The number of carbonyl (C=O) groups is 1. The normalized spacial score (nSPS) is 17.2. The molecule has 128 valence electrons. The van der Waals surface area contributed by atoms with Crippen LogP contribution in [0.4, 0.5) is 5.69 Å². The molecule has 1 heterocycles. The number of amides is 1. The predicted octanol–water partition coefficient (Wildman–Crippen LogP) is 5.29. The highest BCUT2D eigenvalue weighted by Crippen LogP contribution is 2.30. The van der Waals surface area contributed by atoms with Crippen molar-refractivity contribution in [2.24, 2.45) is 4.99 Å². The Labute approximate surface area is 156 Å². The molecule has 0 atom stereocenters. The van der Waals surface area contributed by atoms with Crippen LogP contribution in [0.5, 0.6) is 0 Å². The average Bonchev–Trinajstić information content (AvgIpc) is 3.01. The van der Waals surface area contributed by atoms with Crippen molar-refractivity contribution < 1.29 is 4.79 Å². The first-order valence-corrected chi connectivity index (χ1v) is 9.41. The lowest BCUT2D eigenvalue weighted by molar-refractivity contribution is -0.115. The predicted molar refractivity (Wildman–Crippen MR) is 111 cm³/mol. The first-order valence-electron chi connectivity index (χ1n) is 8.59. The minimum absolute atomic E-state index is 0.105. The fraction of sp³-hybridized carbons (Fsp3) is 0.0909. The highest BCUT2D eigenvalue weighted by atomic mass is 32.2. The summed E-state index contributed by atoms with van der Waals surface area (Å²) < 4.78 is 0. The maximum Gasteiger partial charge on any atom is 0.264 e. The fourth-order valence-corrected chi connectivity index (χ4v) is 3.75. The van der Waals surface area contributed by atoms with Gasteiger partial charge in [0.1, 0.15) is 0 Å². The number of carbonyl (C=O) groups excluding carboxylic acids is 1. The number of aliphatic imine (C=N–C) groups is 1. The lowest BCUT2D eigenvalue weighted by atomic mass is 10.0. The van der Waals surface area contributed by atoms with Crippen molar-refractivity contribution in [3.63, 3.8) is 0 Å². The van der Waals surface area contributed by atoms with Gasteiger partial charge in [0.15, 0.2) is 5.17 Å². The van der Waals surface area contributed by atoms with Crippen molar-refractivity contribution >= 4 is 45.4 Å². The van der Waals surface area contributed by atoms with Crippen molar-refractivity contribution in [3.05, 3.63) is 82.8 Å². The average molecular weight is 358 g/mol. The molecule has 0 aliphatic carbocycles. The third-order valence-corrected chi connectivity index (χ3v) is 5.25. The molecule has 0 bridgehead atoms. The van der Waals surface area contributed by atoms with Crippen molar-refractivity contribution in [3.8, 4) is 0 Å². The van der Waals surface area contributed by atoms with Crippen LogP contribution in [0, 0.1) is 0 Å². The maximum atomic E-state index is 12.3. The van der Waals surface area contributed by atoms with Crippen LogP contribution in [0.1, 0.15) is 18.1 Å². The van der Waals surface area contributed by atoms with Crippen molar-refractivity contribution in [2.75, 3.05) is 0 Å². The van der Waals surface area contributed by atoms with Gasteiger partial charge in [-0.3, -0.25) is 4.79 Å². The summed E-state index contributed by atoms with van der Waals surface area (Å²) in [7, 11) is 0. The topological polar surface area (TPSA) is 41.5 Å². The molecule has 1 amide bonds. The van der Waals surface area contributed by atoms with Crippen LogP contribution in [-0.4, -0.2) is 11.1 Å². The van der Waals surface area contributed by atoms with Crippen LogP contribution in [0.25, 0.3) is 16.8 Å². The standard InChI is InChI=1S/C22H18N2OS/c1-2-15-10-12-18(13-11-15)23-22-24-21(25)20(26-22)14-17-8-5-7-16-6-3-4-9-19(16)17/h3-14H,2H2,1H3,(H,23,24,25)/b20-14-. The summed E-state index contributed by atoms with van der Waals surface area (Å²) >= 11 is 1.38. The molecule has 3 aromatic carbocycles. The maximum absolute atomic E-state index is 12.3. The number of hydrogen-bond donors (Lipinski definition) is 1. The van der Waals surface area contributed by atoms with E-state index in [1.165, 1.54) is 17.3 Å². The van der Waals surface area contributed by atoms with E-state index in [1.54, 1.807) is 0 Å². The molecular formula is C22H18N2OS. The summed E-state index contributed by atoms with van der Waals surface area (Å²) in [4.78, 5) is 17.5. The van der Waals surface area contributed by atoms with E-state index >= 15 is 0 Å². The number of hydrogen-bond acceptors (Lipinski definition) is 3. The van der Waals surface area contributed by atoms with Crippen LogP contribution in [0.2, 0.25) is 0 Å². The van der Waals surface area contributed by atoms with Crippen molar-refractivity contribution in [1.82, 2.24) is 5.32 Å². The largest absolute Gasteiger partial charge is 0.300 e. The van der Waals surface area contributed by atoms with Gasteiger partial charge in [0.05, 0.1) is 10.6 Å². The molecule has 0 radical (unpaired) electrons. The van der Waals surface area contributed by atoms with Gasteiger partial charge >= 0.3 is 0 Å². The Bertz CT molecular complexity index is 1030. The molecular weight excluding hydrogens is 340 g/mol. The lowest BCUT2D eigenvalue weighted by Crippen LogP contribution is -2.19. The second kappa shape index (κ2) is 7.18. The van der Waals surface area contributed by atoms with Gasteiger partial charge in [0.2, 0.25) is 0 Å². The number of amidine groups is 1. The third kappa shape index (κ3) is 3.41. The van der Waals surface area contributed by atoms with E-state index in [4.69, 9.17) is 0 Å². The molecule has 1 aliphatic rings. The number of aryl methyl sites for hydroxylation is 1. The molecule has 1 aliphatic heterocycles. The molecule has 4 rings (SSSR count). The minimum Gasteiger partial charge on any atom is -0.300 e. The summed E-state index contributed by atoms with van der Waals surface area (Å²) in [5.41, 5.74) is 3.15.